The predicted octanol–water partition coefficient (Wildman–Crippen LogP) is 4.60. The number of likely N-dealkylation sites (tertiary alicyclic amines) is 1. The fraction of sp³-hybridized carbons (Fsp3) is 0.367. The SMILES string of the molecule is Cc1c(F)cc(F)cc1C[C@H](C)Nc1cc[nH]c(=O)c1-c1nc2cc3c(cc2[nH]1)CN(CCN1CCCC1)C3=O. The summed E-state index contributed by atoms with van der Waals surface area (Å²) in [7, 11) is 0. The van der Waals surface area contributed by atoms with Gasteiger partial charge in [0.25, 0.3) is 11.5 Å². The second kappa shape index (κ2) is 10.5. The van der Waals surface area contributed by atoms with Crippen LogP contribution in [0.1, 0.15) is 46.8 Å². The van der Waals surface area contributed by atoms with Crippen molar-refractivity contribution < 1.29 is 13.6 Å². The van der Waals surface area contributed by atoms with E-state index in [0.29, 0.717) is 58.8 Å². The molecular formula is C30H32F2N6O2. The third-order valence-electron chi connectivity index (χ3n) is 8.01. The molecule has 3 N–H and O–H groups in total. The second-order valence-corrected chi connectivity index (χ2v) is 10.9. The summed E-state index contributed by atoms with van der Waals surface area (Å²) in [4.78, 5) is 41.0. The molecule has 1 amide bonds. The molecular weight excluding hydrogens is 514 g/mol. The largest absolute Gasteiger partial charge is 0.381 e. The fourth-order valence-corrected chi connectivity index (χ4v) is 5.84. The van der Waals surface area contributed by atoms with E-state index in [4.69, 9.17) is 0 Å². The molecule has 10 heteroatoms. The molecule has 0 spiro atoms. The molecule has 2 aromatic heterocycles. The Bertz CT molecular complexity index is 1660. The molecule has 4 aromatic rings. The van der Waals surface area contributed by atoms with E-state index in [2.05, 4.69) is 25.2 Å². The van der Waals surface area contributed by atoms with Gasteiger partial charge < -0.3 is 25.1 Å². The molecule has 4 heterocycles. The summed E-state index contributed by atoms with van der Waals surface area (Å²) in [6.45, 7) is 7.86. The Morgan fingerprint density at radius 2 is 1.90 bits per heavy atom. The molecule has 2 aliphatic rings. The van der Waals surface area contributed by atoms with Crippen LogP contribution in [0, 0.1) is 18.6 Å². The number of amides is 1. The predicted molar refractivity (Wildman–Crippen MR) is 150 cm³/mol. The number of nitrogens with zero attached hydrogens (tertiary/aromatic N) is 3. The van der Waals surface area contributed by atoms with Crippen LogP contribution >= 0.6 is 0 Å². The van der Waals surface area contributed by atoms with Crippen molar-refractivity contribution in [3.8, 4) is 11.4 Å². The zero-order valence-corrected chi connectivity index (χ0v) is 22.6. The van der Waals surface area contributed by atoms with Crippen LogP contribution in [-0.4, -0.2) is 62.9 Å². The maximum Gasteiger partial charge on any atom is 0.261 e. The number of nitrogens with one attached hydrogen (secondary N) is 3. The van der Waals surface area contributed by atoms with Crippen molar-refractivity contribution in [1.82, 2.24) is 24.8 Å². The number of hydrogen-bond acceptors (Lipinski definition) is 5. The number of H-pyrrole nitrogens is 2. The van der Waals surface area contributed by atoms with Crippen LogP contribution < -0.4 is 10.9 Å². The average molecular weight is 547 g/mol. The van der Waals surface area contributed by atoms with E-state index in [1.807, 2.05) is 17.9 Å². The molecule has 0 aliphatic carbocycles. The minimum Gasteiger partial charge on any atom is -0.381 e. The Labute approximate surface area is 230 Å². The lowest BCUT2D eigenvalue weighted by molar-refractivity contribution is 0.0763. The normalized spacial score (nSPS) is 16.2. The third kappa shape index (κ3) is 4.99. The van der Waals surface area contributed by atoms with Gasteiger partial charge >= 0.3 is 0 Å². The van der Waals surface area contributed by atoms with Gasteiger partial charge in [-0.25, -0.2) is 13.8 Å². The van der Waals surface area contributed by atoms with E-state index in [9.17, 15) is 18.4 Å². The minimum absolute atomic E-state index is 0.0125. The third-order valence-corrected chi connectivity index (χ3v) is 8.01. The molecule has 0 unspecified atom stereocenters. The van der Waals surface area contributed by atoms with E-state index < -0.39 is 11.6 Å². The highest BCUT2D eigenvalue weighted by molar-refractivity contribution is 6.02. The van der Waals surface area contributed by atoms with Gasteiger partial charge in [-0.15, -0.1) is 0 Å². The molecule has 2 aliphatic heterocycles. The van der Waals surface area contributed by atoms with Gasteiger partial charge in [-0.1, -0.05) is 0 Å². The van der Waals surface area contributed by atoms with E-state index in [0.717, 1.165) is 36.8 Å². The molecule has 0 radical (unpaired) electrons. The number of hydrogen-bond donors (Lipinski definition) is 3. The van der Waals surface area contributed by atoms with Crippen LogP contribution in [0.5, 0.6) is 0 Å². The van der Waals surface area contributed by atoms with Crippen LogP contribution in [0.2, 0.25) is 0 Å². The summed E-state index contributed by atoms with van der Waals surface area (Å²) in [5.74, 6) is -0.814. The number of aromatic nitrogens is 3. The highest BCUT2D eigenvalue weighted by Gasteiger charge is 2.29. The quantitative estimate of drug-likeness (QED) is 0.300. The number of carbonyl (C=O) groups excluding carboxylic acids is 1. The Hall–Kier alpha value is -4.05. The minimum atomic E-state index is -0.621. The molecule has 1 atom stereocenters. The Balaban J connectivity index is 1.24. The van der Waals surface area contributed by atoms with Crippen LogP contribution in [0.3, 0.4) is 0 Å². The van der Waals surface area contributed by atoms with Gasteiger partial charge in [0.1, 0.15) is 23.0 Å². The molecule has 208 valence electrons. The topological polar surface area (TPSA) is 97.1 Å². The van der Waals surface area contributed by atoms with Crippen molar-refractivity contribution in [3.05, 3.63) is 80.8 Å². The summed E-state index contributed by atoms with van der Waals surface area (Å²) in [5, 5.41) is 3.31. The van der Waals surface area contributed by atoms with Crippen molar-refractivity contribution in [2.45, 2.75) is 45.7 Å². The fourth-order valence-electron chi connectivity index (χ4n) is 5.84. The number of benzene rings is 2. The first kappa shape index (κ1) is 26.2. The van der Waals surface area contributed by atoms with E-state index in [1.54, 1.807) is 25.3 Å². The zero-order chi connectivity index (χ0) is 28.0. The van der Waals surface area contributed by atoms with Crippen LogP contribution in [-0.2, 0) is 13.0 Å². The number of fused-ring (bicyclic) bond motifs is 2. The molecule has 1 fully saturated rings. The van der Waals surface area contributed by atoms with Crippen molar-refractivity contribution in [3.63, 3.8) is 0 Å². The van der Waals surface area contributed by atoms with E-state index in [1.165, 1.54) is 18.9 Å². The smallest absolute Gasteiger partial charge is 0.261 e. The maximum atomic E-state index is 14.0. The summed E-state index contributed by atoms with van der Waals surface area (Å²) >= 11 is 0. The van der Waals surface area contributed by atoms with Gasteiger partial charge in [0, 0.05) is 43.5 Å². The number of halogens is 2. The first-order valence-electron chi connectivity index (χ1n) is 13.7. The highest BCUT2D eigenvalue weighted by Crippen LogP contribution is 2.30. The molecule has 0 bridgehead atoms. The molecule has 8 nitrogen and oxygen atoms in total. The molecule has 1 saturated heterocycles. The number of rotatable bonds is 8. The lowest BCUT2D eigenvalue weighted by atomic mass is 10.0. The first-order valence-corrected chi connectivity index (χ1v) is 13.7. The lowest BCUT2D eigenvalue weighted by Crippen LogP contribution is -2.33. The van der Waals surface area contributed by atoms with Crippen LogP contribution in [0.4, 0.5) is 14.5 Å². The average Bonchev–Trinajstić information content (AvgIpc) is 3.64. The number of carbonyl (C=O) groups is 1. The molecule has 6 rings (SSSR count). The van der Waals surface area contributed by atoms with Gasteiger partial charge in [-0.3, -0.25) is 9.59 Å². The number of pyridine rings is 1. The van der Waals surface area contributed by atoms with Crippen molar-refractivity contribution in [2.75, 3.05) is 31.5 Å². The van der Waals surface area contributed by atoms with Gasteiger partial charge in [-0.05, 0) is 87.2 Å². The summed E-state index contributed by atoms with van der Waals surface area (Å²) < 4.78 is 27.9. The van der Waals surface area contributed by atoms with Crippen molar-refractivity contribution >= 4 is 22.6 Å². The summed E-state index contributed by atoms with van der Waals surface area (Å²) in [5.41, 5.74) is 4.44. The Morgan fingerprint density at radius 3 is 2.70 bits per heavy atom. The van der Waals surface area contributed by atoms with Gasteiger partial charge in [0.15, 0.2) is 0 Å². The van der Waals surface area contributed by atoms with Gasteiger partial charge in [0.05, 0.1) is 16.7 Å². The monoisotopic (exact) mass is 546 g/mol. The van der Waals surface area contributed by atoms with Gasteiger partial charge in [-0.2, -0.15) is 0 Å². The maximum absolute atomic E-state index is 14.0. The zero-order valence-electron chi connectivity index (χ0n) is 22.6. The van der Waals surface area contributed by atoms with Gasteiger partial charge in [0.2, 0.25) is 0 Å². The van der Waals surface area contributed by atoms with Crippen LogP contribution in [0.25, 0.3) is 22.4 Å². The highest BCUT2D eigenvalue weighted by atomic mass is 19.1. The first-order chi connectivity index (χ1) is 19.3. The lowest BCUT2D eigenvalue weighted by Gasteiger charge is -2.20. The van der Waals surface area contributed by atoms with Crippen molar-refractivity contribution in [2.24, 2.45) is 0 Å². The number of anilines is 1. The molecule has 40 heavy (non-hydrogen) atoms. The number of imidazole rings is 1. The van der Waals surface area contributed by atoms with Crippen LogP contribution in [0.15, 0.2) is 41.3 Å². The molecule has 0 saturated carbocycles. The second-order valence-electron chi connectivity index (χ2n) is 10.9. The van der Waals surface area contributed by atoms with E-state index >= 15 is 0 Å². The number of aromatic amines is 2. The molecule has 2 aromatic carbocycles. The standard InChI is InChI=1S/C30H32F2N6O2/c1-17(11-19-12-21(31)14-23(32)18(19)2)34-24-5-6-33-29(39)27(24)28-35-25-13-20-16-38(10-9-37-7-3-4-8-37)30(40)22(20)15-26(25)36-28/h5-6,12-15,17H,3-4,7-11,16H2,1-2H3,(H,35,36)(H2,33,34,39)/t17-/m0/s1. The summed E-state index contributed by atoms with van der Waals surface area (Å²) in [6, 6.07) is 7.46. The summed E-state index contributed by atoms with van der Waals surface area (Å²) in [6.07, 6.45) is 4.34. The Kier molecular flexibility index (Phi) is 6.87. The van der Waals surface area contributed by atoms with E-state index in [-0.39, 0.29) is 17.5 Å². The van der Waals surface area contributed by atoms with Crippen molar-refractivity contribution in [1.29, 1.82) is 0 Å². The Morgan fingerprint density at radius 1 is 1.10 bits per heavy atom.